The van der Waals surface area contributed by atoms with Crippen LogP contribution in [0.5, 0.6) is 0 Å². The van der Waals surface area contributed by atoms with Crippen molar-refractivity contribution in [3.05, 3.63) is 169 Å². The first kappa shape index (κ1) is 24.9. The molecule has 198 valence electrons. The van der Waals surface area contributed by atoms with Crippen LogP contribution in [0.3, 0.4) is 0 Å². The smallest absolute Gasteiger partial charge is 0.0541 e. The van der Waals surface area contributed by atoms with Crippen molar-refractivity contribution in [1.82, 2.24) is 0 Å². The summed E-state index contributed by atoms with van der Waals surface area (Å²) in [5.74, 6) is 0. The number of hydrogen-bond donors (Lipinski definition) is 0. The van der Waals surface area contributed by atoms with E-state index in [1.54, 1.807) is 0 Å². The molecule has 1 aliphatic heterocycles. The lowest BCUT2D eigenvalue weighted by Gasteiger charge is -2.42. The van der Waals surface area contributed by atoms with E-state index >= 15 is 0 Å². The molecule has 0 aliphatic carbocycles. The first-order chi connectivity index (χ1) is 20.1. The third-order valence-corrected chi connectivity index (χ3v) is 8.23. The second-order valence-electron chi connectivity index (χ2n) is 11.1. The van der Waals surface area contributed by atoms with Crippen molar-refractivity contribution in [1.29, 1.82) is 0 Å². The second-order valence-corrected chi connectivity index (χ2v) is 11.1. The molecule has 41 heavy (non-hydrogen) atoms. The van der Waals surface area contributed by atoms with E-state index < -0.39 is 0 Å². The molecular weight excluding hydrogens is 496 g/mol. The molecule has 6 aromatic carbocycles. The standard InChI is InChI=1S/C39H32N2/c1-39(2)34-22-12-14-24-37(34)41(38-25-15-13-23-35(38)39)32-26-27-36(33(28-32)29-16-6-3-7-17-29)40(30-18-8-4-9-19-30)31-20-10-5-11-21-31/h3-28H,1-2H3. The third kappa shape index (κ3) is 4.29. The Labute approximate surface area is 242 Å². The largest absolute Gasteiger partial charge is 0.310 e. The van der Waals surface area contributed by atoms with Crippen molar-refractivity contribution in [3.63, 3.8) is 0 Å². The SMILES string of the molecule is CC1(C)c2ccccc2N(c2ccc(N(c3ccccc3)c3ccccc3)c(-c3ccccc3)c2)c2ccccc21. The van der Waals surface area contributed by atoms with Crippen molar-refractivity contribution in [2.24, 2.45) is 0 Å². The molecule has 0 aromatic heterocycles. The Balaban J connectivity index is 1.48. The van der Waals surface area contributed by atoms with E-state index in [9.17, 15) is 0 Å². The molecule has 6 aromatic rings. The van der Waals surface area contributed by atoms with Gasteiger partial charge in [-0.05, 0) is 71.3 Å². The summed E-state index contributed by atoms with van der Waals surface area (Å²) in [4.78, 5) is 4.79. The van der Waals surface area contributed by atoms with Gasteiger partial charge in [-0.1, -0.05) is 117 Å². The first-order valence-electron chi connectivity index (χ1n) is 14.2. The summed E-state index contributed by atoms with van der Waals surface area (Å²) in [6, 6.07) is 56.6. The predicted octanol–water partition coefficient (Wildman–Crippen LogP) is 10.9. The van der Waals surface area contributed by atoms with Crippen LogP contribution in [0.2, 0.25) is 0 Å². The number of fused-ring (bicyclic) bond motifs is 2. The zero-order valence-corrected chi connectivity index (χ0v) is 23.4. The Bertz CT molecular complexity index is 1720. The Kier molecular flexibility index (Phi) is 6.17. The summed E-state index contributed by atoms with van der Waals surface area (Å²) in [5.41, 5.74) is 11.9. The lowest BCUT2D eigenvalue weighted by Crippen LogP contribution is -2.30. The highest BCUT2D eigenvalue weighted by molar-refractivity contribution is 5.93. The molecule has 0 unspecified atom stereocenters. The highest BCUT2D eigenvalue weighted by atomic mass is 15.2. The fraction of sp³-hybridized carbons (Fsp3) is 0.0769. The third-order valence-electron chi connectivity index (χ3n) is 8.23. The summed E-state index contributed by atoms with van der Waals surface area (Å²) in [6.07, 6.45) is 0. The van der Waals surface area contributed by atoms with Crippen molar-refractivity contribution in [2.75, 3.05) is 9.80 Å². The summed E-state index contributed by atoms with van der Waals surface area (Å²) in [7, 11) is 0. The van der Waals surface area contributed by atoms with Gasteiger partial charge in [-0.2, -0.15) is 0 Å². The Morgan fingerprint density at radius 1 is 0.488 bits per heavy atom. The number of benzene rings is 6. The minimum Gasteiger partial charge on any atom is -0.310 e. The summed E-state index contributed by atoms with van der Waals surface area (Å²) in [6.45, 7) is 4.66. The van der Waals surface area contributed by atoms with Crippen LogP contribution in [0.25, 0.3) is 11.1 Å². The van der Waals surface area contributed by atoms with Gasteiger partial charge < -0.3 is 9.80 Å². The Morgan fingerprint density at radius 2 is 0.951 bits per heavy atom. The maximum atomic E-state index is 2.43. The molecule has 0 atom stereocenters. The van der Waals surface area contributed by atoms with E-state index in [1.807, 2.05) is 0 Å². The van der Waals surface area contributed by atoms with Crippen LogP contribution < -0.4 is 9.80 Å². The summed E-state index contributed by atoms with van der Waals surface area (Å²) < 4.78 is 0. The maximum absolute atomic E-state index is 2.43. The van der Waals surface area contributed by atoms with E-state index in [1.165, 1.54) is 33.6 Å². The Hall–Kier alpha value is -5.08. The molecule has 1 heterocycles. The highest BCUT2D eigenvalue weighted by Gasteiger charge is 2.36. The number of para-hydroxylation sites is 4. The summed E-state index contributed by atoms with van der Waals surface area (Å²) >= 11 is 0. The van der Waals surface area contributed by atoms with Crippen molar-refractivity contribution < 1.29 is 0 Å². The van der Waals surface area contributed by atoms with Gasteiger partial charge in [0, 0.05) is 28.0 Å². The molecule has 2 nitrogen and oxygen atoms in total. The van der Waals surface area contributed by atoms with Crippen molar-refractivity contribution in [3.8, 4) is 11.1 Å². The zero-order valence-electron chi connectivity index (χ0n) is 23.4. The van der Waals surface area contributed by atoms with E-state index in [-0.39, 0.29) is 5.41 Å². The van der Waals surface area contributed by atoms with Crippen LogP contribution >= 0.6 is 0 Å². The molecule has 7 rings (SSSR count). The molecular formula is C39H32N2. The summed E-state index contributed by atoms with van der Waals surface area (Å²) in [5, 5.41) is 0. The molecule has 0 saturated heterocycles. The zero-order chi connectivity index (χ0) is 27.8. The fourth-order valence-corrected chi connectivity index (χ4v) is 6.24. The number of nitrogens with zero attached hydrogens (tertiary/aromatic N) is 2. The van der Waals surface area contributed by atoms with Gasteiger partial charge >= 0.3 is 0 Å². The topological polar surface area (TPSA) is 6.48 Å². The van der Waals surface area contributed by atoms with Gasteiger partial charge in [0.25, 0.3) is 0 Å². The molecule has 0 radical (unpaired) electrons. The average Bonchev–Trinajstić information content (AvgIpc) is 3.03. The highest BCUT2D eigenvalue weighted by Crippen LogP contribution is 2.53. The molecule has 1 aliphatic rings. The molecule has 0 amide bonds. The first-order valence-corrected chi connectivity index (χ1v) is 14.2. The minimum absolute atomic E-state index is 0.0939. The van der Waals surface area contributed by atoms with Gasteiger partial charge in [0.1, 0.15) is 0 Å². The minimum atomic E-state index is -0.0939. The lowest BCUT2D eigenvalue weighted by atomic mass is 9.73. The molecule has 0 spiro atoms. The second kappa shape index (κ2) is 10.1. The van der Waals surface area contributed by atoms with Crippen LogP contribution in [0.15, 0.2) is 158 Å². The van der Waals surface area contributed by atoms with E-state index in [0.717, 1.165) is 22.7 Å². The van der Waals surface area contributed by atoms with Crippen LogP contribution in [0.1, 0.15) is 25.0 Å². The van der Waals surface area contributed by atoms with E-state index in [2.05, 4.69) is 181 Å². The lowest BCUT2D eigenvalue weighted by molar-refractivity contribution is 0.632. The van der Waals surface area contributed by atoms with E-state index in [4.69, 9.17) is 0 Å². The van der Waals surface area contributed by atoms with Crippen LogP contribution in [0.4, 0.5) is 34.1 Å². The van der Waals surface area contributed by atoms with Gasteiger partial charge in [-0.15, -0.1) is 0 Å². The fourth-order valence-electron chi connectivity index (χ4n) is 6.24. The van der Waals surface area contributed by atoms with Crippen molar-refractivity contribution in [2.45, 2.75) is 19.3 Å². The molecule has 0 fully saturated rings. The Morgan fingerprint density at radius 3 is 1.49 bits per heavy atom. The molecule has 0 N–H and O–H groups in total. The monoisotopic (exact) mass is 528 g/mol. The number of anilines is 6. The van der Waals surface area contributed by atoms with Crippen LogP contribution in [-0.2, 0) is 5.41 Å². The van der Waals surface area contributed by atoms with Gasteiger partial charge in [-0.25, -0.2) is 0 Å². The van der Waals surface area contributed by atoms with Gasteiger partial charge in [0.15, 0.2) is 0 Å². The molecule has 0 bridgehead atoms. The van der Waals surface area contributed by atoms with Crippen LogP contribution in [0, 0.1) is 0 Å². The number of rotatable bonds is 5. The van der Waals surface area contributed by atoms with Gasteiger partial charge in [0.2, 0.25) is 0 Å². The molecule has 2 heteroatoms. The van der Waals surface area contributed by atoms with Gasteiger partial charge in [0.05, 0.1) is 17.1 Å². The van der Waals surface area contributed by atoms with Crippen LogP contribution in [-0.4, -0.2) is 0 Å². The maximum Gasteiger partial charge on any atom is 0.0541 e. The molecule has 0 saturated carbocycles. The normalized spacial score (nSPS) is 13.3. The predicted molar refractivity (Wildman–Crippen MR) is 173 cm³/mol. The van der Waals surface area contributed by atoms with Crippen molar-refractivity contribution >= 4 is 34.1 Å². The average molecular weight is 529 g/mol. The van der Waals surface area contributed by atoms with Gasteiger partial charge in [-0.3, -0.25) is 0 Å². The number of hydrogen-bond acceptors (Lipinski definition) is 2. The quantitative estimate of drug-likeness (QED) is 0.220. The van der Waals surface area contributed by atoms with E-state index in [0.29, 0.717) is 0 Å².